The van der Waals surface area contributed by atoms with Gasteiger partial charge in [0, 0.05) is 29.5 Å². The number of rotatable bonds is 2. The van der Waals surface area contributed by atoms with Crippen molar-refractivity contribution in [2.24, 2.45) is 7.05 Å². The van der Waals surface area contributed by atoms with Gasteiger partial charge in [0.15, 0.2) is 4.60 Å². The van der Waals surface area contributed by atoms with E-state index in [-0.39, 0.29) is 5.78 Å². The van der Waals surface area contributed by atoms with Crippen molar-refractivity contribution in [3.05, 3.63) is 38.8 Å². The summed E-state index contributed by atoms with van der Waals surface area (Å²) in [6.45, 7) is 0. The summed E-state index contributed by atoms with van der Waals surface area (Å²) in [4.78, 5) is 16.1. The Morgan fingerprint density at radius 3 is 2.69 bits per heavy atom. The minimum Gasteiger partial charge on any atom is -0.287 e. The van der Waals surface area contributed by atoms with Crippen molar-refractivity contribution in [3.63, 3.8) is 0 Å². The van der Waals surface area contributed by atoms with E-state index in [2.05, 4.69) is 47.2 Å². The molecular formula is C9H6Br2N4O. The van der Waals surface area contributed by atoms with Gasteiger partial charge in [0.2, 0.25) is 5.78 Å². The minimum absolute atomic E-state index is 0.173. The van der Waals surface area contributed by atoms with Gasteiger partial charge in [0.1, 0.15) is 5.69 Å². The Morgan fingerprint density at radius 1 is 1.38 bits per heavy atom. The fourth-order valence-electron chi connectivity index (χ4n) is 1.25. The molecule has 0 unspecified atom stereocenters. The first kappa shape index (κ1) is 11.4. The molecule has 2 rings (SSSR count). The van der Waals surface area contributed by atoms with Gasteiger partial charge < -0.3 is 0 Å². The number of halogens is 2. The van der Waals surface area contributed by atoms with Crippen LogP contribution in [-0.4, -0.2) is 25.8 Å². The molecule has 2 heterocycles. The van der Waals surface area contributed by atoms with Crippen LogP contribution in [0.2, 0.25) is 0 Å². The van der Waals surface area contributed by atoms with Crippen LogP contribution in [0.25, 0.3) is 0 Å². The monoisotopic (exact) mass is 344 g/mol. The Morgan fingerprint density at radius 2 is 2.12 bits per heavy atom. The summed E-state index contributed by atoms with van der Waals surface area (Å²) in [6.07, 6.45) is 3.12. The molecule has 2 aromatic heterocycles. The van der Waals surface area contributed by atoms with Gasteiger partial charge in [-0.25, -0.2) is 4.68 Å². The Bertz CT molecular complexity index is 533. The van der Waals surface area contributed by atoms with Crippen LogP contribution in [0, 0.1) is 0 Å². The molecule has 82 valence electrons. The van der Waals surface area contributed by atoms with Gasteiger partial charge in [0.05, 0.1) is 0 Å². The fraction of sp³-hybridized carbons (Fsp3) is 0.111. The predicted octanol–water partition coefficient (Wildman–Crippen LogP) is 1.97. The second-order valence-electron chi connectivity index (χ2n) is 3.07. The van der Waals surface area contributed by atoms with E-state index in [1.807, 2.05) is 0 Å². The largest absolute Gasteiger partial charge is 0.287 e. The van der Waals surface area contributed by atoms with Crippen molar-refractivity contribution >= 4 is 37.6 Å². The number of aromatic nitrogens is 4. The summed E-state index contributed by atoms with van der Waals surface area (Å²) in [6, 6.07) is 1.70. The fourth-order valence-corrected chi connectivity index (χ4v) is 2.12. The summed E-state index contributed by atoms with van der Waals surface area (Å²) in [7, 11) is 1.66. The maximum atomic E-state index is 12.1. The van der Waals surface area contributed by atoms with Crippen molar-refractivity contribution in [2.75, 3.05) is 0 Å². The number of hydrogen-bond acceptors (Lipinski definition) is 4. The third kappa shape index (κ3) is 2.05. The second-order valence-corrected chi connectivity index (χ2v) is 4.74. The number of aryl methyl sites for hydroxylation is 1. The molecule has 0 atom stereocenters. The molecule has 0 aliphatic rings. The summed E-state index contributed by atoms with van der Waals surface area (Å²) in [5, 5.41) is 7.51. The summed E-state index contributed by atoms with van der Waals surface area (Å²) >= 11 is 6.45. The van der Waals surface area contributed by atoms with Crippen LogP contribution in [0.15, 0.2) is 27.5 Å². The summed E-state index contributed by atoms with van der Waals surface area (Å²) < 4.78 is 2.61. The molecule has 16 heavy (non-hydrogen) atoms. The van der Waals surface area contributed by atoms with E-state index >= 15 is 0 Å². The van der Waals surface area contributed by atoms with Crippen LogP contribution in [0.4, 0.5) is 0 Å². The lowest BCUT2D eigenvalue weighted by Gasteiger charge is -2.01. The van der Waals surface area contributed by atoms with Crippen LogP contribution in [0.1, 0.15) is 16.1 Å². The summed E-state index contributed by atoms with van der Waals surface area (Å²) in [5.74, 6) is -0.173. The van der Waals surface area contributed by atoms with E-state index in [1.54, 1.807) is 19.3 Å². The molecule has 0 N–H and O–H groups in total. The van der Waals surface area contributed by atoms with E-state index in [0.717, 1.165) is 4.47 Å². The smallest absolute Gasteiger partial charge is 0.215 e. The number of nitrogens with zero attached hydrogens (tertiary/aromatic N) is 4. The van der Waals surface area contributed by atoms with Crippen LogP contribution >= 0.6 is 31.9 Å². The van der Waals surface area contributed by atoms with E-state index < -0.39 is 0 Å². The van der Waals surface area contributed by atoms with Crippen molar-refractivity contribution in [3.8, 4) is 0 Å². The zero-order chi connectivity index (χ0) is 11.7. The molecule has 0 saturated carbocycles. The Hall–Kier alpha value is -1.08. The third-order valence-electron chi connectivity index (χ3n) is 1.97. The molecule has 0 fully saturated rings. The SMILES string of the molecule is Cn1nnc(Br)c1C(=O)c1cncc(Br)c1. The highest BCUT2D eigenvalue weighted by Crippen LogP contribution is 2.18. The number of carbonyl (C=O) groups excluding carboxylic acids is 1. The first-order chi connectivity index (χ1) is 7.59. The highest BCUT2D eigenvalue weighted by molar-refractivity contribution is 9.10. The molecule has 5 nitrogen and oxygen atoms in total. The molecule has 7 heteroatoms. The highest BCUT2D eigenvalue weighted by Gasteiger charge is 2.18. The maximum absolute atomic E-state index is 12.1. The number of hydrogen-bond donors (Lipinski definition) is 0. The van der Waals surface area contributed by atoms with E-state index in [0.29, 0.717) is 15.9 Å². The van der Waals surface area contributed by atoms with Gasteiger partial charge in [0.25, 0.3) is 0 Å². The molecule has 2 aromatic rings. The topological polar surface area (TPSA) is 60.7 Å². The van der Waals surface area contributed by atoms with Gasteiger partial charge >= 0.3 is 0 Å². The minimum atomic E-state index is -0.173. The lowest BCUT2D eigenvalue weighted by Crippen LogP contribution is -2.09. The van der Waals surface area contributed by atoms with Crippen molar-refractivity contribution in [2.45, 2.75) is 0 Å². The zero-order valence-corrected chi connectivity index (χ0v) is 11.4. The molecule has 0 aliphatic carbocycles. The quantitative estimate of drug-likeness (QED) is 0.781. The van der Waals surface area contributed by atoms with Gasteiger partial charge in [-0.1, -0.05) is 5.21 Å². The van der Waals surface area contributed by atoms with Crippen LogP contribution in [-0.2, 0) is 7.05 Å². The molecule has 0 saturated heterocycles. The van der Waals surface area contributed by atoms with Gasteiger partial charge in [-0.15, -0.1) is 5.10 Å². The van der Waals surface area contributed by atoms with Crippen molar-refractivity contribution < 1.29 is 4.79 Å². The van der Waals surface area contributed by atoms with Crippen LogP contribution in [0.5, 0.6) is 0 Å². The average Bonchev–Trinajstić information content (AvgIpc) is 2.58. The Balaban J connectivity index is 2.47. The third-order valence-corrected chi connectivity index (χ3v) is 2.94. The van der Waals surface area contributed by atoms with E-state index in [4.69, 9.17) is 0 Å². The van der Waals surface area contributed by atoms with Crippen molar-refractivity contribution in [1.29, 1.82) is 0 Å². The zero-order valence-electron chi connectivity index (χ0n) is 8.19. The molecular weight excluding hydrogens is 340 g/mol. The second kappa shape index (κ2) is 4.42. The standard InChI is InChI=1S/C9H6Br2N4O/c1-15-7(9(11)13-14-15)8(16)5-2-6(10)4-12-3-5/h2-4H,1H3. The molecule has 0 radical (unpaired) electrons. The molecule has 0 aromatic carbocycles. The van der Waals surface area contributed by atoms with Gasteiger partial charge in [-0.3, -0.25) is 9.78 Å². The molecule has 0 spiro atoms. The molecule has 0 bridgehead atoms. The number of ketones is 1. The first-order valence-corrected chi connectivity index (χ1v) is 5.88. The van der Waals surface area contributed by atoms with Crippen LogP contribution in [0.3, 0.4) is 0 Å². The van der Waals surface area contributed by atoms with Gasteiger partial charge in [-0.05, 0) is 37.9 Å². The average molecular weight is 346 g/mol. The Labute approximate surface area is 108 Å². The highest BCUT2D eigenvalue weighted by atomic mass is 79.9. The van der Waals surface area contributed by atoms with E-state index in [1.165, 1.54) is 10.9 Å². The first-order valence-electron chi connectivity index (χ1n) is 4.30. The van der Waals surface area contributed by atoms with Crippen LogP contribution < -0.4 is 0 Å². The Kier molecular flexibility index (Phi) is 3.15. The normalized spacial score (nSPS) is 10.4. The van der Waals surface area contributed by atoms with Gasteiger partial charge in [-0.2, -0.15) is 0 Å². The molecule has 0 amide bonds. The lowest BCUT2D eigenvalue weighted by molar-refractivity contribution is 0.102. The number of carbonyl (C=O) groups is 1. The van der Waals surface area contributed by atoms with Crippen molar-refractivity contribution in [1.82, 2.24) is 20.0 Å². The maximum Gasteiger partial charge on any atom is 0.215 e. The number of pyridine rings is 1. The summed E-state index contributed by atoms with van der Waals surface area (Å²) in [5.41, 5.74) is 0.889. The predicted molar refractivity (Wildman–Crippen MR) is 64.1 cm³/mol. The molecule has 0 aliphatic heterocycles. The lowest BCUT2D eigenvalue weighted by atomic mass is 10.1. The van der Waals surface area contributed by atoms with E-state index in [9.17, 15) is 4.79 Å².